The Hall–Kier alpha value is -3.26. The molecule has 2 atom stereocenters. The van der Waals surface area contributed by atoms with E-state index >= 15 is 0 Å². The Bertz CT molecular complexity index is 1530. The number of sulfone groups is 1. The van der Waals surface area contributed by atoms with E-state index in [0.717, 1.165) is 11.0 Å². The van der Waals surface area contributed by atoms with E-state index in [4.69, 9.17) is 11.6 Å². The molecule has 0 spiro atoms. The molecule has 8 nitrogen and oxygen atoms in total. The first-order chi connectivity index (χ1) is 18.2. The number of likely N-dealkylation sites (tertiary alicyclic amines) is 1. The number of alkyl halides is 5. The number of nitrogens with zero attached hydrogens (tertiary/aromatic N) is 5. The van der Waals surface area contributed by atoms with E-state index in [0.29, 0.717) is 6.07 Å². The molecule has 1 saturated heterocycles. The van der Waals surface area contributed by atoms with Crippen LogP contribution in [-0.2, 0) is 20.8 Å². The first-order valence-electron chi connectivity index (χ1n) is 11.7. The standard InChI is InChI=1S/C24H19ClF5N5O3S/c25-21-10-32-18(9-33-21)19-8-31-7-17(34-19)13-2-4-20(16(6-13)24(28,29)30)39(37,38)15-3-1-14(5-15)22(36)35-11-23(26,27)12-35/h2,4,6-10,14-15H,1,3,5,11-12H2/t14-,15-/m1/s1. The molecule has 1 saturated carbocycles. The van der Waals surface area contributed by atoms with Gasteiger partial charge in [-0.25, -0.2) is 32.2 Å². The van der Waals surface area contributed by atoms with Crippen LogP contribution in [0.15, 0.2) is 47.9 Å². The number of amides is 1. The van der Waals surface area contributed by atoms with Gasteiger partial charge < -0.3 is 4.90 Å². The minimum absolute atomic E-state index is 0.0317. The van der Waals surface area contributed by atoms with E-state index in [9.17, 15) is 35.2 Å². The van der Waals surface area contributed by atoms with Gasteiger partial charge in [0, 0.05) is 11.5 Å². The van der Waals surface area contributed by atoms with Gasteiger partial charge in [0.25, 0.3) is 5.92 Å². The third-order valence-corrected chi connectivity index (χ3v) is 9.20. The summed E-state index contributed by atoms with van der Waals surface area (Å²) in [6.45, 7) is -1.48. The van der Waals surface area contributed by atoms with Gasteiger partial charge in [-0.05, 0) is 31.4 Å². The Morgan fingerprint density at radius 1 is 1.00 bits per heavy atom. The zero-order valence-corrected chi connectivity index (χ0v) is 21.4. The highest BCUT2D eigenvalue weighted by atomic mass is 35.5. The summed E-state index contributed by atoms with van der Waals surface area (Å²) in [7, 11) is -4.52. The van der Waals surface area contributed by atoms with Crippen molar-refractivity contribution in [1.82, 2.24) is 24.8 Å². The van der Waals surface area contributed by atoms with Gasteiger partial charge in [0.15, 0.2) is 9.84 Å². The zero-order valence-electron chi connectivity index (χ0n) is 19.9. The summed E-state index contributed by atoms with van der Waals surface area (Å²) in [5.41, 5.74) is -0.886. The van der Waals surface area contributed by atoms with Gasteiger partial charge in [-0.1, -0.05) is 17.7 Å². The van der Waals surface area contributed by atoms with E-state index < -0.39 is 62.6 Å². The van der Waals surface area contributed by atoms with Crippen molar-refractivity contribution in [2.24, 2.45) is 5.92 Å². The minimum atomic E-state index is -5.03. The summed E-state index contributed by atoms with van der Waals surface area (Å²) in [5, 5.41) is -1.12. The molecule has 3 heterocycles. The van der Waals surface area contributed by atoms with Crippen molar-refractivity contribution in [3.8, 4) is 22.6 Å². The topological polar surface area (TPSA) is 106 Å². The Morgan fingerprint density at radius 3 is 2.36 bits per heavy atom. The molecule has 0 radical (unpaired) electrons. The van der Waals surface area contributed by atoms with Gasteiger partial charge in [0.05, 0.1) is 59.3 Å². The minimum Gasteiger partial charge on any atom is -0.330 e. The fourth-order valence-corrected chi connectivity index (χ4v) is 6.91. The normalized spacial score (nSPS) is 21.0. The van der Waals surface area contributed by atoms with Crippen LogP contribution >= 0.6 is 11.6 Å². The summed E-state index contributed by atoms with van der Waals surface area (Å²) >= 11 is 5.73. The summed E-state index contributed by atoms with van der Waals surface area (Å²) in [4.78, 5) is 28.7. The molecular formula is C24H19ClF5N5O3S. The Morgan fingerprint density at radius 2 is 1.72 bits per heavy atom. The summed E-state index contributed by atoms with van der Waals surface area (Å²) in [5.74, 6) is -4.42. The van der Waals surface area contributed by atoms with Crippen molar-refractivity contribution in [2.45, 2.75) is 41.5 Å². The first-order valence-corrected chi connectivity index (χ1v) is 13.6. The van der Waals surface area contributed by atoms with Gasteiger partial charge in [-0.3, -0.25) is 9.78 Å². The van der Waals surface area contributed by atoms with Crippen LogP contribution in [0.1, 0.15) is 24.8 Å². The number of carbonyl (C=O) groups excluding carboxylic acids is 1. The second kappa shape index (κ2) is 9.73. The van der Waals surface area contributed by atoms with Gasteiger partial charge >= 0.3 is 6.18 Å². The Balaban J connectivity index is 1.43. The lowest BCUT2D eigenvalue weighted by molar-refractivity contribution is -0.169. The van der Waals surface area contributed by atoms with Gasteiger partial charge in [0.1, 0.15) is 16.5 Å². The zero-order chi connectivity index (χ0) is 28.2. The van der Waals surface area contributed by atoms with Crippen LogP contribution < -0.4 is 0 Å². The Labute approximate surface area is 224 Å². The van der Waals surface area contributed by atoms with Crippen molar-refractivity contribution < 1.29 is 35.2 Å². The molecule has 1 aliphatic heterocycles. The average molecular weight is 588 g/mol. The van der Waals surface area contributed by atoms with E-state index in [1.165, 1.54) is 30.9 Å². The van der Waals surface area contributed by atoms with Crippen LogP contribution in [0, 0.1) is 5.92 Å². The number of hydrogen-bond acceptors (Lipinski definition) is 7. The maximum absolute atomic E-state index is 14.1. The lowest BCUT2D eigenvalue weighted by atomic mass is 10.0. The molecule has 0 unspecified atom stereocenters. The third-order valence-electron chi connectivity index (χ3n) is 6.73. The third kappa shape index (κ3) is 5.44. The van der Waals surface area contributed by atoms with Crippen LogP contribution in [0.5, 0.6) is 0 Å². The van der Waals surface area contributed by atoms with Crippen LogP contribution in [-0.4, -0.2) is 63.4 Å². The Kier molecular flexibility index (Phi) is 6.82. The van der Waals surface area contributed by atoms with E-state index in [-0.39, 0.29) is 47.1 Å². The molecule has 15 heteroatoms. The smallest absolute Gasteiger partial charge is 0.330 e. The number of hydrogen-bond donors (Lipinski definition) is 0. The molecule has 39 heavy (non-hydrogen) atoms. The second-order valence-corrected chi connectivity index (χ2v) is 12.0. The molecule has 1 aliphatic carbocycles. The number of benzene rings is 1. The van der Waals surface area contributed by atoms with Gasteiger partial charge in [-0.15, -0.1) is 0 Å². The molecule has 2 fully saturated rings. The summed E-state index contributed by atoms with van der Waals surface area (Å²) in [6.07, 6.45) is -0.0856. The van der Waals surface area contributed by atoms with Crippen molar-refractivity contribution in [3.63, 3.8) is 0 Å². The maximum Gasteiger partial charge on any atom is 0.417 e. The molecule has 3 aromatic rings. The largest absolute Gasteiger partial charge is 0.417 e. The van der Waals surface area contributed by atoms with Crippen molar-refractivity contribution in [1.29, 1.82) is 0 Å². The quantitative estimate of drug-likeness (QED) is 0.399. The second-order valence-electron chi connectivity index (χ2n) is 9.45. The highest BCUT2D eigenvalue weighted by Crippen LogP contribution is 2.42. The molecule has 206 valence electrons. The number of aromatic nitrogens is 4. The lowest BCUT2D eigenvalue weighted by Crippen LogP contribution is -2.59. The predicted molar refractivity (Wildman–Crippen MR) is 128 cm³/mol. The van der Waals surface area contributed by atoms with E-state index in [2.05, 4.69) is 19.9 Å². The van der Waals surface area contributed by atoms with Crippen molar-refractivity contribution in [3.05, 3.63) is 53.7 Å². The highest BCUT2D eigenvalue weighted by molar-refractivity contribution is 7.92. The molecule has 5 rings (SSSR count). The molecular weight excluding hydrogens is 569 g/mol. The van der Waals surface area contributed by atoms with E-state index in [1.807, 2.05) is 0 Å². The molecule has 0 bridgehead atoms. The fourth-order valence-electron chi connectivity index (χ4n) is 4.78. The van der Waals surface area contributed by atoms with Gasteiger partial charge in [0.2, 0.25) is 5.91 Å². The monoisotopic (exact) mass is 587 g/mol. The molecule has 2 aliphatic rings. The van der Waals surface area contributed by atoms with Gasteiger partial charge in [-0.2, -0.15) is 13.2 Å². The number of rotatable bonds is 5. The summed E-state index contributed by atoms with van der Waals surface area (Å²) < 4.78 is 95.3. The van der Waals surface area contributed by atoms with Crippen LogP contribution in [0.2, 0.25) is 5.15 Å². The number of carbonyl (C=O) groups is 1. The average Bonchev–Trinajstić information content (AvgIpc) is 3.38. The van der Waals surface area contributed by atoms with Crippen LogP contribution in [0.4, 0.5) is 22.0 Å². The molecule has 0 N–H and O–H groups in total. The van der Waals surface area contributed by atoms with Crippen molar-refractivity contribution in [2.75, 3.05) is 13.1 Å². The maximum atomic E-state index is 14.1. The predicted octanol–water partition coefficient (Wildman–Crippen LogP) is 4.69. The van der Waals surface area contributed by atoms with Crippen LogP contribution in [0.3, 0.4) is 0 Å². The molecule has 1 amide bonds. The van der Waals surface area contributed by atoms with Crippen molar-refractivity contribution >= 4 is 27.3 Å². The summed E-state index contributed by atoms with van der Waals surface area (Å²) in [6, 6.07) is 2.76. The SMILES string of the molecule is O=C([C@@H]1CC[C@@H](S(=O)(=O)c2ccc(-c3cncc(-c4cnc(Cl)cn4)n3)cc2C(F)(F)F)C1)N1CC(F)(F)C1. The fraction of sp³-hybridized carbons (Fsp3) is 0.375. The first kappa shape index (κ1) is 27.3. The lowest BCUT2D eigenvalue weighted by Gasteiger charge is -2.40. The molecule has 1 aromatic carbocycles. The van der Waals surface area contributed by atoms with Crippen LogP contribution in [0.25, 0.3) is 22.6 Å². The van der Waals surface area contributed by atoms with E-state index in [1.54, 1.807) is 0 Å². The number of halogens is 6. The highest BCUT2D eigenvalue weighted by Gasteiger charge is 2.50. The molecule has 2 aromatic heterocycles.